The molecule has 0 unspecified atom stereocenters. The van der Waals surface area contributed by atoms with Crippen molar-refractivity contribution in [1.29, 1.82) is 0 Å². The number of ether oxygens (including phenoxy) is 1. The van der Waals surface area contributed by atoms with Gasteiger partial charge in [0.1, 0.15) is 17.1 Å². The summed E-state index contributed by atoms with van der Waals surface area (Å²) in [7, 11) is 1.61. The monoisotopic (exact) mass is 372 g/mol. The lowest BCUT2D eigenvalue weighted by Gasteiger charge is -2.06. The van der Waals surface area contributed by atoms with Crippen molar-refractivity contribution >= 4 is 34.6 Å². The average Bonchev–Trinajstić information content (AvgIpc) is 3.09. The van der Waals surface area contributed by atoms with Gasteiger partial charge in [-0.15, -0.1) is 0 Å². The highest BCUT2D eigenvalue weighted by Gasteiger charge is 2.13. The van der Waals surface area contributed by atoms with Gasteiger partial charge >= 0.3 is 0 Å². The van der Waals surface area contributed by atoms with E-state index in [2.05, 4.69) is 25.9 Å². The number of thioether (sulfide) groups is 1. The van der Waals surface area contributed by atoms with Gasteiger partial charge in [-0.2, -0.15) is 5.10 Å². The quantitative estimate of drug-likeness (QED) is 0.392. The lowest BCUT2D eigenvalue weighted by atomic mass is 10.3. The molecule has 134 valence electrons. The number of carbonyl (C=O) groups is 2. The van der Waals surface area contributed by atoms with Crippen LogP contribution in [-0.2, 0) is 9.59 Å². The minimum Gasteiger partial charge on any atom is -0.497 e. The second-order valence-electron chi connectivity index (χ2n) is 5.19. The predicted molar refractivity (Wildman–Crippen MR) is 95.9 cm³/mol. The summed E-state index contributed by atoms with van der Waals surface area (Å²) in [5.74, 6) is 0.175. The fourth-order valence-electron chi connectivity index (χ4n) is 2.18. The molecule has 2 aromatic heterocycles. The van der Waals surface area contributed by atoms with Gasteiger partial charge in [-0.05, 0) is 24.3 Å². The number of methoxy groups -OCH3 is 1. The summed E-state index contributed by atoms with van der Waals surface area (Å²) >= 11 is 1.24. The van der Waals surface area contributed by atoms with E-state index in [9.17, 15) is 9.59 Å². The van der Waals surface area contributed by atoms with Crippen LogP contribution >= 0.6 is 11.8 Å². The largest absolute Gasteiger partial charge is 0.497 e. The Hall–Kier alpha value is -3.14. The molecule has 0 bridgehead atoms. The van der Waals surface area contributed by atoms with E-state index in [0.717, 1.165) is 16.8 Å². The number of carbonyl (C=O) groups excluding carboxylic acids is 2. The Morgan fingerprint density at radius 1 is 1.19 bits per heavy atom. The Bertz CT molecular complexity index is 941. The maximum atomic E-state index is 11.7. The van der Waals surface area contributed by atoms with E-state index in [-0.39, 0.29) is 17.6 Å². The minimum absolute atomic E-state index is 0.0973. The number of hydrazine groups is 1. The molecule has 0 aliphatic carbocycles. The number of benzene rings is 1. The van der Waals surface area contributed by atoms with Crippen LogP contribution in [0.3, 0.4) is 0 Å². The molecule has 2 amide bonds. The normalized spacial score (nSPS) is 10.5. The van der Waals surface area contributed by atoms with E-state index >= 15 is 0 Å². The first-order chi connectivity index (χ1) is 12.6. The molecule has 2 heterocycles. The first kappa shape index (κ1) is 17.7. The molecule has 3 rings (SSSR count). The van der Waals surface area contributed by atoms with Crippen LogP contribution in [0, 0.1) is 0 Å². The molecule has 2 N–H and O–H groups in total. The summed E-state index contributed by atoms with van der Waals surface area (Å²) in [6, 6.07) is 7.43. The fourth-order valence-corrected chi connectivity index (χ4v) is 2.94. The van der Waals surface area contributed by atoms with Crippen molar-refractivity contribution < 1.29 is 14.3 Å². The zero-order valence-corrected chi connectivity index (χ0v) is 14.9. The Morgan fingerprint density at radius 2 is 1.96 bits per heavy atom. The molecule has 0 radical (unpaired) electrons. The first-order valence-corrected chi connectivity index (χ1v) is 8.58. The smallest absolute Gasteiger partial charge is 0.248 e. The van der Waals surface area contributed by atoms with Crippen LogP contribution < -0.4 is 15.6 Å². The number of amides is 2. The molecule has 0 saturated carbocycles. The number of hydrogen-bond donors (Lipinski definition) is 2. The third-order valence-corrected chi connectivity index (χ3v) is 4.37. The van der Waals surface area contributed by atoms with Gasteiger partial charge in [-0.1, -0.05) is 11.8 Å². The van der Waals surface area contributed by atoms with Gasteiger partial charge in [0.25, 0.3) is 0 Å². The highest BCUT2D eigenvalue weighted by atomic mass is 32.2. The van der Waals surface area contributed by atoms with Crippen molar-refractivity contribution in [3.05, 3.63) is 36.8 Å². The molecular weight excluding hydrogens is 356 g/mol. The maximum Gasteiger partial charge on any atom is 0.248 e. The van der Waals surface area contributed by atoms with Crippen LogP contribution in [0.2, 0.25) is 0 Å². The van der Waals surface area contributed by atoms with Crippen molar-refractivity contribution in [1.82, 2.24) is 30.6 Å². The minimum atomic E-state index is -0.339. The third kappa shape index (κ3) is 3.91. The van der Waals surface area contributed by atoms with Gasteiger partial charge in [0.05, 0.1) is 30.1 Å². The zero-order chi connectivity index (χ0) is 18.5. The third-order valence-electron chi connectivity index (χ3n) is 3.36. The van der Waals surface area contributed by atoms with E-state index in [1.165, 1.54) is 25.0 Å². The van der Waals surface area contributed by atoms with Crippen molar-refractivity contribution in [2.45, 2.75) is 11.9 Å². The molecule has 10 heteroatoms. The Morgan fingerprint density at radius 3 is 2.65 bits per heavy atom. The second-order valence-corrected chi connectivity index (χ2v) is 6.15. The average molecular weight is 372 g/mol. The van der Waals surface area contributed by atoms with E-state index in [1.54, 1.807) is 18.0 Å². The number of nitrogens with one attached hydrogen (secondary N) is 2. The van der Waals surface area contributed by atoms with Gasteiger partial charge in [0.2, 0.25) is 11.8 Å². The molecule has 1 aromatic carbocycles. The summed E-state index contributed by atoms with van der Waals surface area (Å²) in [6.07, 6.45) is 3.09. The molecule has 0 saturated heterocycles. The summed E-state index contributed by atoms with van der Waals surface area (Å²) in [6.45, 7) is 1.31. The lowest BCUT2D eigenvalue weighted by Crippen LogP contribution is -2.41. The van der Waals surface area contributed by atoms with Gasteiger partial charge in [-0.25, -0.2) is 14.6 Å². The van der Waals surface area contributed by atoms with Crippen LogP contribution in [0.4, 0.5) is 0 Å². The van der Waals surface area contributed by atoms with Crippen LogP contribution in [0.15, 0.2) is 41.8 Å². The topological polar surface area (TPSA) is 111 Å². The van der Waals surface area contributed by atoms with E-state index in [1.807, 2.05) is 24.3 Å². The zero-order valence-electron chi connectivity index (χ0n) is 14.1. The number of fused-ring (bicyclic) bond motifs is 1. The van der Waals surface area contributed by atoms with Crippen LogP contribution in [-0.4, -0.2) is 44.4 Å². The number of aromatic nitrogens is 4. The van der Waals surface area contributed by atoms with E-state index in [4.69, 9.17) is 4.74 Å². The standard InChI is InChI=1S/C16H16N6O3S/c1-10(23)20-21-14(24)8-26-16-13-7-19-22(15(13)17-9-18-16)11-3-5-12(25-2)6-4-11/h3-7,9H,8H2,1-2H3,(H,20,23)(H,21,24). The lowest BCUT2D eigenvalue weighted by molar-refractivity contribution is -0.126. The van der Waals surface area contributed by atoms with Crippen molar-refractivity contribution in [2.24, 2.45) is 0 Å². The molecule has 0 fully saturated rings. The Balaban J connectivity index is 1.80. The van der Waals surface area contributed by atoms with Gasteiger partial charge in [0.15, 0.2) is 5.65 Å². The molecule has 0 aliphatic rings. The van der Waals surface area contributed by atoms with Crippen molar-refractivity contribution in [2.75, 3.05) is 12.9 Å². The van der Waals surface area contributed by atoms with Crippen LogP contribution in [0.25, 0.3) is 16.7 Å². The molecule has 0 spiro atoms. The molecule has 0 aliphatic heterocycles. The van der Waals surface area contributed by atoms with E-state index in [0.29, 0.717) is 10.7 Å². The number of rotatable bonds is 5. The second kappa shape index (κ2) is 7.83. The molecule has 9 nitrogen and oxygen atoms in total. The van der Waals surface area contributed by atoms with Gasteiger partial charge in [-0.3, -0.25) is 20.4 Å². The Kier molecular flexibility index (Phi) is 5.32. The van der Waals surface area contributed by atoms with Gasteiger partial charge < -0.3 is 4.74 Å². The van der Waals surface area contributed by atoms with Crippen LogP contribution in [0.5, 0.6) is 5.75 Å². The first-order valence-electron chi connectivity index (χ1n) is 7.60. The fraction of sp³-hybridized carbons (Fsp3) is 0.188. The van der Waals surface area contributed by atoms with Crippen molar-refractivity contribution in [3.8, 4) is 11.4 Å². The molecular formula is C16H16N6O3S. The SMILES string of the molecule is COc1ccc(-n2ncc3c(SCC(=O)NNC(C)=O)ncnc32)cc1. The summed E-state index contributed by atoms with van der Waals surface area (Å²) < 4.78 is 6.85. The number of nitrogens with zero attached hydrogens (tertiary/aromatic N) is 4. The Labute approximate surface area is 153 Å². The van der Waals surface area contributed by atoms with E-state index < -0.39 is 0 Å². The summed E-state index contributed by atoms with van der Waals surface area (Å²) in [5, 5.41) is 5.74. The van der Waals surface area contributed by atoms with Crippen LogP contribution in [0.1, 0.15) is 6.92 Å². The highest BCUT2D eigenvalue weighted by molar-refractivity contribution is 8.00. The summed E-state index contributed by atoms with van der Waals surface area (Å²) in [5.41, 5.74) is 6.02. The van der Waals surface area contributed by atoms with Crippen molar-refractivity contribution in [3.63, 3.8) is 0 Å². The van der Waals surface area contributed by atoms with Gasteiger partial charge in [0, 0.05) is 6.92 Å². The molecule has 0 atom stereocenters. The highest BCUT2D eigenvalue weighted by Crippen LogP contribution is 2.26. The molecule has 3 aromatic rings. The maximum absolute atomic E-state index is 11.7. The number of hydrogen-bond acceptors (Lipinski definition) is 7. The predicted octanol–water partition coefficient (Wildman–Crippen LogP) is 1.08. The molecule has 26 heavy (non-hydrogen) atoms. The summed E-state index contributed by atoms with van der Waals surface area (Å²) in [4.78, 5) is 31.0.